The van der Waals surface area contributed by atoms with Crippen molar-refractivity contribution in [2.24, 2.45) is 5.73 Å². The Morgan fingerprint density at radius 1 is 0.455 bits per heavy atom. The van der Waals surface area contributed by atoms with Crippen LogP contribution in [-0.4, -0.2) is 49.9 Å². The van der Waals surface area contributed by atoms with E-state index in [1.165, 1.54) is 109 Å². The van der Waals surface area contributed by atoms with E-state index >= 15 is 0 Å². The summed E-state index contributed by atoms with van der Waals surface area (Å²) in [6.45, 7) is 4.69. The molecule has 0 fully saturated rings. The highest BCUT2D eigenvalue weighted by atomic mass is 31.2. The Morgan fingerprint density at radius 3 is 1.20 bits per heavy atom. The molecule has 0 aromatic carbocycles. The van der Waals surface area contributed by atoms with E-state index in [4.69, 9.17) is 24.3 Å². The lowest BCUT2D eigenvalue weighted by atomic mass is 10.0. The first-order chi connectivity index (χ1) is 32.4. The second-order valence-electron chi connectivity index (χ2n) is 17.3. The lowest BCUT2D eigenvalue weighted by Gasteiger charge is -2.20. The number of phosphoric ester groups is 1. The first-order valence-electron chi connectivity index (χ1n) is 26.7. The Balaban J connectivity index is 3.94. The number of unbranched alkanes of at least 4 members (excludes halogenated alkanes) is 21. The van der Waals surface area contributed by atoms with Gasteiger partial charge in [-0.2, -0.15) is 0 Å². The summed E-state index contributed by atoms with van der Waals surface area (Å²) in [7, 11) is -4.29. The molecule has 9 heteroatoms. The van der Waals surface area contributed by atoms with Crippen LogP contribution in [0.3, 0.4) is 0 Å². The SMILES string of the molecule is CC/C=C\C/C=C\C/C=C\C/C=C\CCCCCCCCCCCCCCCOCC(COP(=O)(O)OCCN)OC(=O)CCCCCCCCCC/C=C\C/C=C\C/C=C\C/C=C\CC. The molecule has 66 heavy (non-hydrogen) atoms. The maximum Gasteiger partial charge on any atom is 0.472 e. The molecule has 0 amide bonds. The van der Waals surface area contributed by atoms with Crippen molar-refractivity contribution in [3.05, 3.63) is 97.2 Å². The molecule has 2 atom stereocenters. The van der Waals surface area contributed by atoms with Gasteiger partial charge in [-0.15, -0.1) is 0 Å². The fourth-order valence-electron chi connectivity index (χ4n) is 7.16. The van der Waals surface area contributed by atoms with Crippen molar-refractivity contribution in [1.29, 1.82) is 0 Å². The monoisotopic (exact) mass is 942 g/mol. The maximum absolute atomic E-state index is 12.7. The lowest BCUT2D eigenvalue weighted by molar-refractivity contribution is -0.154. The van der Waals surface area contributed by atoms with Crippen LogP contribution in [0.5, 0.6) is 0 Å². The van der Waals surface area contributed by atoms with Crippen molar-refractivity contribution < 1.29 is 32.8 Å². The summed E-state index contributed by atoms with van der Waals surface area (Å²) in [5, 5.41) is 0. The number of esters is 1. The minimum absolute atomic E-state index is 0.0943. The van der Waals surface area contributed by atoms with Crippen molar-refractivity contribution in [3.8, 4) is 0 Å². The fraction of sp³-hybridized carbons (Fsp3) is 0.702. The summed E-state index contributed by atoms with van der Waals surface area (Å²) in [6.07, 6.45) is 71.6. The molecule has 0 aliphatic rings. The average molecular weight is 942 g/mol. The van der Waals surface area contributed by atoms with E-state index in [0.29, 0.717) is 13.0 Å². The highest BCUT2D eigenvalue weighted by molar-refractivity contribution is 7.47. The average Bonchev–Trinajstić information content (AvgIpc) is 3.31. The quantitative estimate of drug-likeness (QED) is 0.0268. The molecular formula is C57H100NO7P. The van der Waals surface area contributed by atoms with Gasteiger partial charge in [0.25, 0.3) is 0 Å². The van der Waals surface area contributed by atoms with Gasteiger partial charge in [0.1, 0.15) is 6.10 Å². The molecule has 0 aromatic rings. The van der Waals surface area contributed by atoms with E-state index in [1.807, 2.05) is 0 Å². The Hall–Kier alpha value is -2.58. The zero-order chi connectivity index (χ0) is 48.0. The number of ether oxygens (including phenoxy) is 2. The third kappa shape index (κ3) is 52.4. The van der Waals surface area contributed by atoms with Crippen LogP contribution in [0.15, 0.2) is 97.2 Å². The molecular weight excluding hydrogens is 842 g/mol. The van der Waals surface area contributed by atoms with E-state index in [2.05, 4.69) is 111 Å². The lowest BCUT2D eigenvalue weighted by Crippen LogP contribution is -2.28. The van der Waals surface area contributed by atoms with Crippen LogP contribution < -0.4 is 5.73 Å². The van der Waals surface area contributed by atoms with Crippen LogP contribution in [0, 0.1) is 0 Å². The maximum atomic E-state index is 12.7. The number of allylic oxidation sites excluding steroid dienone is 16. The molecule has 8 nitrogen and oxygen atoms in total. The summed E-state index contributed by atoms with van der Waals surface area (Å²) in [5.74, 6) is -0.341. The Bertz CT molecular complexity index is 1330. The zero-order valence-corrected chi connectivity index (χ0v) is 43.3. The van der Waals surface area contributed by atoms with Gasteiger partial charge in [-0.05, 0) is 89.9 Å². The standard InChI is InChI=1S/C57H100NO7P/c1-3-5-7-9-11-13-15-17-19-21-23-25-26-27-28-29-31-33-35-37-39-41-43-45-47-49-52-62-54-56(55-64-66(60,61)63-53-51-58)65-57(59)50-48-46-44-42-40-38-36-34-32-30-24-22-20-18-16-14-12-10-8-6-4-2/h5-8,11-14,17-20,23-25,30,56H,3-4,9-10,15-16,21-22,26-29,31-55,58H2,1-2H3,(H,60,61)/b7-5-,8-6-,13-11-,14-12-,19-17-,20-18-,25-23-,30-24-. The molecule has 0 saturated heterocycles. The van der Waals surface area contributed by atoms with E-state index < -0.39 is 13.9 Å². The van der Waals surface area contributed by atoms with Crippen LogP contribution in [0.25, 0.3) is 0 Å². The fourth-order valence-corrected chi connectivity index (χ4v) is 7.92. The van der Waals surface area contributed by atoms with Gasteiger partial charge in [0.2, 0.25) is 0 Å². The summed E-state index contributed by atoms with van der Waals surface area (Å²) < 4.78 is 33.6. The second kappa shape index (κ2) is 53.4. The Labute approximate surface area is 406 Å². The summed E-state index contributed by atoms with van der Waals surface area (Å²) in [5.41, 5.74) is 5.39. The Morgan fingerprint density at radius 2 is 0.803 bits per heavy atom. The van der Waals surface area contributed by atoms with E-state index in [-0.39, 0.29) is 32.3 Å². The van der Waals surface area contributed by atoms with Gasteiger partial charge in [0.05, 0.1) is 19.8 Å². The van der Waals surface area contributed by atoms with Gasteiger partial charge < -0.3 is 20.1 Å². The largest absolute Gasteiger partial charge is 0.472 e. The molecule has 2 unspecified atom stereocenters. The highest BCUT2D eigenvalue weighted by Gasteiger charge is 2.25. The molecule has 0 heterocycles. The normalized spacial score (nSPS) is 14.1. The Kier molecular flexibility index (Phi) is 51.3. The third-order valence-corrected chi connectivity index (χ3v) is 12.0. The number of hydrogen-bond donors (Lipinski definition) is 2. The van der Waals surface area contributed by atoms with Gasteiger partial charge in [-0.3, -0.25) is 13.8 Å². The number of rotatable bonds is 50. The van der Waals surface area contributed by atoms with E-state index in [0.717, 1.165) is 89.9 Å². The minimum atomic E-state index is -4.29. The summed E-state index contributed by atoms with van der Waals surface area (Å²) in [4.78, 5) is 22.6. The third-order valence-electron chi connectivity index (χ3n) is 11.0. The molecule has 0 bridgehead atoms. The molecule has 3 N–H and O–H groups in total. The number of carbonyl (C=O) groups is 1. The number of carbonyl (C=O) groups excluding carboxylic acids is 1. The molecule has 0 spiro atoms. The first kappa shape index (κ1) is 63.4. The van der Waals surface area contributed by atoms with Crippen molar-refractivity contribution in [1.82, 2.24) is 0 Å². The van der Waals surface area contributed by atoms with Gasteiger partial charge in [-0.25, -0.2) is 4.57 Å². The van der Waals surface area contributed by atoms with Crippen LogP contribution in [-0.2, 0) is 27.9 Å². The van der Waals surface area contributed by atoms with E-state index in [1.54, 1.807) is 0 Å². The molecule has 0 rings (SSSR count). The molecule has 0 aromatic heterocycles. The molecule has 0 radical (unpaired) electrons. The van der Waals surface area contributed by atoms with Gasteiger partial charge in [0.15, 0.2) is 0 Å². The smallest absolute Gasteiger partial charge is 0.457 e. The van der Waals surface area contributed by atoms with Gasteiger partial charge >= 0.3 is 13.8 Å². The van der Waals surface area contributed by atoms with Crippen molar-refractivity contribution in [3.63, 3.8) is 0 Å². The predicted molar refractivity (Wildman–Crippen MR) is 284 cm³/mol. The van der Waals surface area contributed by atoms with Crippen LogP contribution in [0.2, 0.25) is 0 Å². The van der Waals surface area contributed by atoms with Crippen molar-refractivity contribution in [2.45, 2.75) is 225 Å². The number of phosphoric acid groups is 1. The molecule has 0 aliphatic carbocycles. The van der Waals surface area contributed by atoms with Gasteiger partial charge in [-0.1, -0.05) is 220 Å². The number of hydrogen-bond acceptors (Lipinski definition) is 7. The molecule has 380 valence electrons. The first-order valence-corrected chi connectivity index (χ1v) is 28.2. The van der Waals surface area contributed by atoms with Crippen molar-refractivity contribution in [2.75, 3.05) is 33.0 Å². The van der Waals surface area contributed by atoms with Gasteiger partial charge in [0, 0.05) is 19.6 Å². The van der Waals surface area contributed by atoms with E-state index in [9.17, 15) is 14.3 Å². The highest BCUT2D eigenvalue weighted by Crippen LogP contribution is 2.43. The van der Waals surface area contributed by atoms with Crippen LogP contribution in [0.1, 0.15) is 219 Å². The second-order valence-corrected chi connectivity index (χ2v) is 18.8. The minimum Gasteiger partial charge on any atom is -0.457 e. The van der Waals surface area contributed by atoms with Crippen LogP contribution in [0.4, 0.5) is 0 Å². The molecule has 0 saturated carbocycles. The zero-order valence-electron chi connectivity index (χ0n) is 42.4. The number of nitrogens with two attached hydrogens (primary N) is 1. The van der Waals surface area contributed by atoms with Crippen molar-refractivity contribution >= 4 is 13.8 Å². The molecule has 0 aliphatic heterocycles. The summed E-state index contributed by atoms with van der Waals surface area (Å²) in [6, 6.07) is 0. The van der Waals surface area contributed by atoms with Crippen LogP contribution >= 0.6 is 7.82 Å². The predicted octanol–water partition coefficient (Wildman–Crippen LogP) is 17.0. The topological polar surface area (TPSA) is 117 Å². The summed E-state index contributed by atoms with van der Waals surface area (Å²) >= 11 is 0.